The number of nitrogens with one attached hydrogen (secondary N) is 1. The van der Waals surface area contributed by atoms with Crippen LogP contribution in [-0.2, 0) is 20.1 Å². The standard InChI is InChI=1S/C14H17ClFN3/c1-9-12(10(2)19(3)18-9)8-17-7-11-4-5-13(15)14(16)6-11/h4-6,17H,7-8H2,1-3H3. The molecule has 0 unspecified atom stereocenters. The van der Waals surface area contributed by atoms with Gasteiger partial charge in [0.15, 0.2) is 0 Å². The molecule has 0 saturated carbocycles. The molecule has 1 heterocycles. The third-order valence-electron chi connectivity index (χ3n) is 3.27. The molecule has 2 rings (SSSR count). The minimum absolute atomic E-state index is 0.155. The van der Waals surface area contributed by atoms with E-state index in [1.54, 1.807) is 6.07 Å². The number of hydrogen-bond donors (Lipinski definition) is 1. The van der Waals surface area contributed by atoms with E-state index in [4.69, 9.17) is 11.6 Å². The van der Waals surface area contributed by atoms with Gasteiger partial charge in [-0.15, -0.1) is 0 Å². The molecule has 3 nitrogen and oxygen atoms in total. The zero-order valence-corrected chi connectivity index (χ0v) is 12.1. The van der Waals surface area contributed by atoms with Crippen molar-refractivity contribution in [2.24, 2.45) is 7.05 Å². The molecule has 0 aliphatic carbocycles. The van der Waals surface area contributed by atoms with Crippen molar-refractivity contribution in [1.29, 1.82) is 0 Å². The van der Waals surface area contributed by atoms with Crippen molar-refractivity contribution >= 4 is 11.6 Å². The van der Waals surface area contributed by atoms with Crippen LogP contribution in [0, 0.1) is 19.7 Å². The second kappa shape index (κ2) is 5.72. The predicted molar refractivity (Wildman–Crippen MR) is 74.6 cm³/mol. The lowest BCUT2D eigenvalue weighted by Gasteiger charge is -2.06. The lowest BCUT2D eigenvalue weighted by molar-refractivity contribution is 0.620. The summed E-state index contributed by atoms with van der Waals surface area (Å²) in [4.78, 5) is 0. The summed E-state index contributed by atoms with van der Waals surface area (Å²) in [6.45, 7) is 5.35. The van der Waals surface area contributed by atoms with Gasteiger partial charge in [0, 0.05) is 31.4 Å². The van der Waals surface area contributed by atoms with Gasteiger partial charge in [-0.2, -0.15) is 5.10 Å². The normalized spacial score (nSPS) is 11.0. The van der Waals surface area contributed by atoms with E-state index in [1.807, 2.05) is 31.6 Å². The third-order valence-corrected chi connectivity index (χ3v) is 3.58. The van der Waals surface area contributed by atoms with Crippen molar-refractivity contribution in [2.75, 3.05) is 0 Å². The summed E-state index contributed by atoms with van der Waals surface area (Å²) >= 11 is 5.65. The summed E-state index contributed by atoms with van der Waals surface area (Å²) in [6, 6.07) is 4.86. The summed E-state index contributed by atoms with van der Waals surface area (Å²) < 4.78 is 15.2. The molecule has 0 atom stereocenters. The first kappa shape index (κ1) is 14.0. The molecule has 0 bridgehead atoms. The first-order valence-corrected chi connectivity index (χ1v) is 6.50. The van der Waals surface area contributed by atoms with E-state index >= 15 is 0 Å². The second-order valence-corrected chi connectivity index (χ2v) is 5.03. The molecule has 2 aromatic rings. The highest BCUT2D eigenvalue weighted by atomic mass is 35.5. The molecule has 0 aliphatic rings. The van der Waals surface area contributed by atoms with Crippen molar-refractivity contribution in [3.8, 4) is 0 Å². The van der Waals surface area contributed by atoms with Gasteiger partial charge < -0.3 is 5.32 Å². The van der Waals surface area contributed by atoms with Crippen LogP contribution < -0.4 is 5.32 Å². The highest BCUT2D eigenvalue weighted by Crippen LogP contribution is 2.16. The number of aryl methyl sites for hydroxylation is 2. The molecule has 0 amide bonds. The molecule has 0 radical (unpaired) electrons. The number of aromatic nitrogens is 2. The van der Waals surface area contributed by atoms with Crippen molar-refractivity contribution in [1.82, 2.24) is 15.1 Å². The van der Waals surface area contributed by atoms with Crippen molar-refractivity contribution in [2.45, 2.75) is 26.9 Å². The van der Waals surface area contributed by atoms with Crippen LogP contribution in [0.1, 0.15) is 22.5 Å². The lowest BCUT2D eigenvalue weighted by Crippen LogP contribution is -2.14. The number of halogens is 2. The van der Waals surface area contributed by atoms with Gasteiger partial charge in [0.1, 0.15) is 5.82 Å². The Hall–Kier alpha value is -1.39. The minimum atomic E-state index is -0.380. The molecule has 0 spiro atoms. The molecule has 0 aliphatic heterocycles. The van der Waals surface area contributed by atoms with Crippen LogP contribution in [0.15, 0.2) is 18.2 Å². The summed E-state index contributed by atoms with van der Waals surface area (Å²) in [5.74, 6) is -0.380. The Kier molecular flexibility index (Phi) is 4.22. The van der Waals surface area contributed by atoms with Crippen LogP contribution in [0.2, 0.25) is 5.02 Å². The van der Waals surface area contributed by atoms with Crippen LogP contribution in [0.5, 0.6) is 0 Å². The Morgan fingerprint density at radius 3 is 2.63 bits per heavy atom. The molecular weight excluding hydrogens is 265 g/mol. The number of hydrogen-bond acceptors (Lipinski definition) is 2. The fourth-order valence-electron chi connectivity index (χ4n) is 2.05. The van der Waals surface area contributed by atoms with Crippen molar-refractivity contribution in [3.05, 3.63) is 51.6 Å². The fourth-order valence-corrected chi connectivity index (χ4v) is 2.17. The van der Waals surface area contributed by atoms with E-state index in [0.717, 1.165) is 23.5 Å². The van der Waals surface area contributed by atoms with E-state index in [2.05, 4.69) is 10.4 Å². The molecule has 1 N–H and O–H groups in total. The maximum Gasteiger partial charge on any atom is 0.142 e. The zero-order chi connectivity index (χ0) is 14.0. The smallest absolute Gasteiger partial charge is 0.142 e. The van der Waals surface area contributed by atoms with Crippen LogP contribution in [0.25, 0.3) is 0 Å². The van der Waals surface area contributed by atoms with E-state index in [0.29, 0.717) is 6.54 Å². The molecule has 1 aromatic heterocycles. The molecule has 102 valence electrons. The van der Waals surface area contributed by atoms with Gasteiger partial charge in [0.05, 0.1) is 10.7 Å². The molecule has 0 fully saturated rings. The maximum absolute atomic E-state index is 13.3. The van der Waals surface area contributed by atoms with E-state index < -0.39 is 0 Å². The monoisotopic (exact) mass is 281 g/mol. The number of benzene rings is 1. The van der Waals surface area contributed by atoms with Crippen LogP contribution >= 0.6 is 11.6 Å². The first-order valence-electron chi connectivity index (χ1n) is 6.12. The Bertz CT molecular complexity index is 593. The first-order chi connectivity index (χ1) is 8.99. The molecular formula is C14H17ClFN3. The second-order valence-electron chi connectivity index (χ2n) is 4.62. The quantitative estimate of drug-likeness (QED) is 0.933. The molecule has 0 saturated heterocycles. The summed E-state index contributed by atoms with van der Waals surface area (Å²) in [7, 11) is 1.93. The van der Waals surface area contributed by atoms with E-state index in [1.165, 1.54) is 11.6 Å². The van der Waals surface area contributed by atoms with Crippen molar-refractivity contribution in [3.63, 3.8) is 0 Å². The largest absolute Gasteiger partial charge is 0.308 e. The van der Waals surface area contributed by atoms with Gasteiger partial charge in [-0.3, -0.25) is 4.68 Å². The summed E-state index contributed by atoms with van der Waals surface area (Å²) in [5.41, 5.74) is 4.24. The van der Waals surface area contributed by atoms with Gasteiger partial charge in [0.25, 0.3) is 0 Å². The van der Waals surface area contributed by atoms with Crippen LogP contribution in [0.3, 0.4) is 0 Å². The molecule has 19 heavy (non-hydrogen) atoms. The third kappa shape index (κ3) is 3.14. The van der Waals surface area contributed by atoms with Crippen molar-refractivity contribution < 1.29 is 4.39 Å². The Morgan fingerprint density at radius 1 is 1.32 bits per heavy atom. The van der Waals surface area contributed by atoms with Gasteiger partial charge in [-0.05, 0) is 31.5 Å². The van der Waals surface area contributed by atoms with E-state index in [-0.39, 0.29) is 10.8 Å². The molecule has 5 heteroatoms. The summed E-state index contributed by atoms with van der Waals surface area (Å²) in [5, 5.41) is 7.81. The average molecular weight is 282 g/mol. The van der Waals surface area contributed by atoms with Crippen LogP contribution in [0.4, 0.5) is 4.39 Å². The minimum Gasteiger partial charge on any atom is -0.308 e. The zero-order valence-electron chi connectivity index (χ0n) is 11.3. The maximum atomic E-state index is 13.3. The SMILES string of the molecule is Cc1nn(C)c(C)c1CNCc1ccc(Cl)c(F)c1. The number of nitrogens with zero attached hydrogens (tertiary/aromatic N) is 2. The average Bonchev–Trinajstić information content (AvgIpc) is 2.60. The van der Waals surface area contributed by atoms with E-state index in [9.17, 15) is 4.39 Å². The van der Waals surface area contributed by atoms with Gasteiger partial charge >= 0.3 is 0 Å². The Balaban J connectivity index is 1.98. The Labute approximate surface area is 117 Å². The fraction of sp³-hybridized carbons (Fsp3) is 0.357. The predicted octanol–water partition coefficient (Wildman–Crippen LogP) is 3.12. The highest BCUT2D eigenvalue weighted by molar-refractivity contribution is 6.30. The lowest BCUT2D eigenvalue weighted by atomic mass is 10.2. The molecule has 1 aromatic carbocycles. The van der Waals surface area contributed by atoms with Crippen LogP contribution in [-0.4, -0.2) is 9.78 Å². The topological polar surface area (TPSA) is 29.9 Å². The van der Waals surface area contributed by atoms with Gasteiger partial charge in [-0.1, -0.05) is 17.7 Å². The Morgan fingerprint density at radius 2 is 2.05 bits per heavy atom. The number of rotatable bonds is 4. The highest BCUT2D eigenvalue weighted by Gasteiger charge is 2.08. The van der Waals surface area contributed by atoms with Gasteiger partial charge in [-0.25, -0.2) is 4.39 Å². The van der Waals surface area contributed by atoms with Gasteiger partial charge in [0.2, 0.25) is 0 Å². The summed E-state index contributed by atoms with van der Waals surface area (Å²) in [6.07, 6.45) is 0.